The lowest BCUT2D eigenvalue weighted by Gasteiger charge is -2.25. The Hall–Kier alpha value is -2.18. The molecular formula is C13H11ClN6. The zero-order valence-electron chi connectivity index (χ0n) is 10.6. The number of hydrogen-bond donors (Lipinski definition) is 2. The topological polar surface area (TPSA) is 67.1 Å². The number of hydrazine groups is 1. The van der Waals surface area contributed by atoms with E-state index in [0.29, 0.717) is 10.8 Å². The Bertz CT molecular complexity index is 799. The van der Waals surface area contributed by atoms with Crippen LogP contribution in [-0.4, -0.2) is 19.8 Å². The SMILES string of the molecule is CC1(c2ccccc2)NNc2c(Cl)nn3ncnc3c21. The molecule has 100 valence electrons. The van der Waals surface area contributed by atoms with Gasteiger partial charge in [-0.1, -0.05) is 41.9 Å². The van der Waals surface area contributed by atoms with Gasteiger partial charge in [0.2, 0.25) is 0 Å². The third-order valence-electron chi connectivity index (χ3n) is 3.68. The smallest absolute Gasteiger partial charge is 0.183 e. The van der Waals surface area contributed by atoms with Gasteiger partial charge in [-0.3, -0.25) is 0 Å². The molecule has 0 bridgehead atoms. The molecule has 4 rings (SSSR count). The van der Waals surface area contributed by atoms with Crippen LogP contribution >= 0.6 is 11.6 Å². The average Bonchev–Trinajstić information content (AvgIpc) is 3.05. The van der Waals surface area contributed by atoms with Gasteiger partial charge in [0, 0.05) is 0 Å². The molecule has 0 amide bonds. The molecule has 0 fully saturated rings. The van der Waals surface area contributed by atoms with Crippen LogP contribution in [0, 0.1) is 0 Å². The molecule has 0 aliphatic carbocycles. The molecule has 3 heterocycles. The molecule has 1 aromatic carbocycles. The highest BCUT2D eigenvalue weighted by Crippen LogP contribution is 2.42. The molecule has 1 aliphatic rings. The molecule has 20 heavy (non-hydrogen) atoms. The van der Waals surface area contributed by atoms with Gasteiger partial charge in [0.05, 0.1) is 16.8 Å². The van der Waals surface area contributed by atoms with Crippen molar-refractivity contribution >= 4 is 22.9 Å². The van der Waals surface area contributed by atoms with Gasteiger partial charge in [-0.15, -0.1) is 14.8 Å². The van der Waals surface area contributed by atoms with Crippen LogP contribution in [0.5, 0.6) is 0 Å². The minimum absolute atomic E-state index is 0.366. The van der Waals surface area contributed by atoms with Crippen LogP contribution in [0.25, 0.3) is 5.65 Å². The fourth-order valence-corrected chi connectivity index (χ4v) is 2.86. The van der Waals surface area contributed by atoms with Gasteiger partial charge in [-0.05, 0) is 12.5 Å². The highest BCUT2D eigenvalue weighted by atomic mass is 35.5. The summed E-state index contributed by atoms with van der Waals surface area (Å²) in [6, 6.07) is 10.1. The molecule has 0 spiro atoms. The summed E-state index contributed by atoms with van der Waals surface area (Å²) >= 11 is 6.22. The van der Waals surface area contributed by atoms with E-state index in [9.17, 15) is 0 Å². The van der Waals surface area contributed by atoms with Gasteiger partial charge >= 0.3 is 0 Å². The van der Waals surface area contributed by atoms with Crippen molar-refractivity contribution in [1.29, 1.82) is 0 Å². The van der Waals surface area contributed by atoms with Crippen molar-refractivity contribution in [1.82, 2.24) is 25.2 Å². The maximum absolute atomic E-state index is 6.22. The predicted molar refractivity (Wildman–Crippen MR) is 75.4 cm³/mol. The minimum Gasteiger partial charge on any atom is -0.317 e. The maximum Gasteiger partial charge on any atom is 0.183 e. The van der Waals surface area contributed by atoms with Gasteiger partial charge in [-0.2, -0.15) is 0 Å². The molecule has 6 nitrogen and oxygen atoms in total. The number of anilines is 1. The number of nitrogens with one attached hydrogen (secondary N) is 2. The van der Waals surface area contributed by atoms with E-state index < -0.39 is 5.54 Å². The summed E-state index contributed by atoms with van der Waals surface area (Å²) in [6.07, 6.45) is 1.47. The zero-order chi connectivity index (χ0) is 13.7. The summed E-state index contributed by atoms with van der Waals surface area (Å²) in [5.74, 6) is 0. The van der Waals surface area contributed by atoms with Crippen LogP contribution < -0.4 is 10.9 Å². The lowest BCUT2D eigenvalue weighted by molar-refractivity contribution is 0.513. The Morgan fingerprint density at radius 3 is 2.85 bits per heavy atom. The molecule has 7 heteroatoms. The molecule has 2 aromatic heterocycles. The first-order valence-electron chi connectivity index (χ1n) is 6.19. The third kappa shape index (κ3) is 1.40. The van der Waals surface area contributed by atoms with Crippen LogP contribution in [0.4, 0.5) is 5.69 Å². The van der Waals surface area contributed by atoms with E-state index in [0.717, 1.165) is 16.8 Å². The second-order valence-electron chi connectivity index (χ2n) is 4.85. The van der Waals surface area contributed by atoms with Gasteiger partial charge in [-0.25, -0.2) is 10.4 Å². The van der Waals surface area contributed by atoms with Crippen LogP contribution in [0.2, 0.25) is 5.15 Å². The highest BCUT2D eigenvalue weighted by molar-refractivity contribution is 6.32. The van der Waals surface area contributed by atoms with Crippen LogP contribution in [0.3, 0.4) is 0 Å². The number of aromatic nitrogens is 4. The second kappa shape index (κ2) is 3.91. The highest BCUT2D eigenvalue weighted by Gasteiger charge is 2.40. The molecule has 0 radical (unpaired) electrons. The first-order valence-corrected chi connectivity index (χ1v) is 6.56. The van der Waals surface area contributed by atoms with Gasteiger partial charge < -0.3 is 5.43 Å². The standard InChI is InChI=1S/C13H11ClN6/c1-13(8-5-3-2-4-6-8)9-10(17-19-13)11(14)18-20-12(9)15-7-16-20/h2-7,17,19H,1H3. The Balaban J connectivity index is 2.06. The molecular weight excluding hydrogens is 276 g/mol. The number of fused-ring (bicyclic) bond motifs is 3. The number of rotatable bonds is 1. The largest absolute Gasteiger partial charge is 0.317 e. The van der Waals surface area contributed by atoms with Crippen molar-refractivity contribution in [3.63, 3.8) is 0 Å². The summed E-state index contributed by atoms with van der Waals surface area (Å²) in [7, 11) is 0. The summed E-state index contributed by atoms with van der Waals surface area (Å²) in [4.78, 5) is 4.30. The Morgan fingerprint density at radius 1 is 1.25 bits per heavy atom. The normalized spacial score (nSPS) is 20.9. The van der Waals surface area contributed by atoms with E-state index in [1.54, 1.807) is 0 Å². The molecule has 2 N–H and O–H groups in total. The van der Waals surface area contributed by atoms with Gasteiger partial charge in [0.15, 0.2) is 10.8 Å². The molecule has 1 aliphatic heterocycles. The first kappa shape index (κ1) is 11.6. The van der Waals surface area contributed by atoms with Gasteiger partial charge in [0.1, 0.15) is 6.33 Å². The zero-order valence-corrected chi connectivity index (χ0v) is 11.4. The number of hydrogen-bond acceptors (Lipinski definition) is 5. The van der Waals surface area contributed by atoms with E-state index in [-0.39, 0.29) is 0 Å². The summed E-state index contributed by atoms with van der Waals surface area (Å²) in [5, 5.41) is 8.61. The quantitative estimate of drug-likeness (QED) is 0.716. The van der Waals surface area contributed by atoms with Crippen LogP contribution in [-0.2, 0) is 5.54 Å². The van der Waals surface area contributed by atoms with E-state index in [1.807, 2.05) is 18.2 Å². The molecule has 0 saturated carbocycles. The van der Waals surface area contributed by atoms with Crippen molar-refractivity contribution in [3.05, 3.63) is 52.9 Å². The summed E-state index contributed by atoms with van der Waals surface area (Å²) in [6.45, 7) is 2.08. The van der Waals surface area contributed by atoms with Crippen molar-refractivity contribution in [2.24, 2.45) is 0 Å². The minimum atomic E-state index is -0.447. The molecule has 0 saturated heterocycles. The summed E-state index contributed by atoms with van der Waals surface area (Å²) in [5.41, 5.74) is 9.44. The lowest BCUT2D eigenvalue weighted by atomic mass is 9.86. The van der Waals surface area contributed by atoms with Crippen molar-refractivity contribution in [2.75, 3.05) is 5.43 Å². The monoisotopic (exact) mass is 286 g/mol. The van der Waals surface area contributed by atoms with E-state index in [4.69, 9.17) is 11.6 Å². The number of benzene rings is 1. The fraction of sp³-hybridized carbons (Fsp3) is 0.154. The van der Waals surface area contributed by atoms with Crippen molar-refractivity contribution < 1.29 is 0 Å². The van der Waals surface area contributed by atoms with Gasteiger partial charge in [0.25, 0.3) is 0 Å². The number of nitrogens with zero attached hydrogens (tertiary/aromatic N) is 4. The van der Waals surface area contributed by atoms with Crippen molar-refractivity contribution in [3.8, 4) is 0 Å². The summed E-state index contributed by atoms with van der Waals surface area (Å²) < 4.78 is 1.46. The van der Waals surface area contributed by atoms with E-state index >= 15 is 0 Å². The van der Waals surface area contributed by atoms with E-state index in [2.05, 4.69) is 45.1 Å². The fourth-order valence-electron chi connectivity index (χ4n) is 2.65. The maximum atomic E-state index is 6.22. The average molecular weight is 287 g/mol. The van der Waals surface area contributed by atoms with E-state index in [1.165, 1.54) is 11.0 Å². The Kier molecular flexibility index (Phi) is 2.27. The molecule has 1 atom stereocenters. The van der Waals surface area contributed by atoms with Crippen LogP contribution in [0.15, 0.2) is 36.7 Å². The Morgan fingerprint density at radius 2 is 2.05 bits per heavy atom. The number of halogens is 1. The predicted octanol–water partition coefficient (Wildman–Crippen LogP) is 1.97. The third-order valence-corrected chi connectivity index (χ3v) is 3.95. The van der Waals surface area contributed by atoms with Crippen LogP contribution in [0.1, 0.15) is 18.1 Å². The first-order chi connectivity index (χ1) is 9.70. The second-order valence-corrected chi connectivity index (χ2v) is 5.21. The lowest BCUT2D eigenvalue weighted by Crippen LogP contribution is -2.37. The van der Waals surface area contributed by atoms with Crippen molar-refractivity contribution in [2.45, 2.75) is 12.5 Å². The molecule has 3 aromatic rings. The molecule has 1 unspecified atom stereocenters. The Labute approximate surface area is 119 Å².